The lowest BCUT2D eigenvalue weighted by molar-refractivity contribution is 0.233. The summed E-state index contributed by atoms with van der Waals surface area (Å²) in [5.41, 5.74) is 8.13. The van der Waals surface area contributed by atoms with Crippen LogP contribution in [0.3, 0.4) is 0 Å². The molecular weight excluding hydrogens is 230 g/mol. The van der Waals surface area contributed by atoms with Gasteiger partial charge in [0.05, 0.1) is 4.99 Å². The Morgan fingerprint density at radius 1 is 1.29 bits per heavy atom. The summed E-state index contributed by atoms with van der Waals surface area (Å²) < 4.78 is 0. The van der Waals surface area contributed by atoms with Gasteiger partial charge in [0.1, 0.15) is 0 Å². The molecule has 1 saturated heterocycles. The minimum absolute atomic E-state index is 0.560. The third-order valence-corrected chi connectivity index (χ3v) is 3.13. The van der Waals surface area contributed by atoms with E-state index in [1.807, 2.05) is 0 Å². The van der Waals surface area contributed by atoms with Crippen molar-refractivity contribution in [2.24, 2.45) is 5.73 Å². The summed E-state index contributed by atoms with van der Waals surface area (Å²) in [6.45, 7) is 5.45. The molecule has 0 aliphatic carbocycles. The van der Waals surface area contributed by atoms with Gasteiger partial charge in [0, 0.05) is 39.1 Å². The van der Waals surface area contributed by atoms with Gasteiger partial charge in [-0.15, -0.1) is 0 Å². The molecule has 1 aromatic rings. The smallest absolute Gasteiger partial charge is 0.0771 e. The minimum atomic E-state index is 0.560. The Balaban J connectivity index is 1.97. The highest BCUT2D eigenvalue weighted by atomic mass is 32.1. The molecule has 1 aliphatic rings. The van der Waals surface area contributed by atoms with E-state index in [4.69, 9.17) is 18.0 Å². The fraction of sp³-hybridized carbons (Fsp3) is 0.462. The lowest BCUT2D eigenvalue weighted by atomic mass is 10.1. The Kier molecular flexibility index (Phi) is 4.48. The standard InChI is InChI=1S/C13H19N3S/c14-13(17)9-11-2-1-3-12(8-11)10-16-6-4-15-5-7-16/h1-3,8,15H,4-7,9-10H2,(H2,14,17). The first-order valence-electron chi connectivity index (χ1n) is 6.03. The van der Waals surface area contributed by atoms with Crippen LogP contribution in [0.25, 0.3) is 0 Å². The Labute approximate surface area is 108 Å². The zero-order valence-corrected chi connectivity index (χ0v) is 10.8. The van der Waals surface area contributed by atoms with Crippen LogP contribution in [0.1, 0.15) is 11.1 Å². The van der Waals surface area contributed by atoms with E-state index in [-0.39, 0.29) is 0 Å². The Hall–Kier alpha value is -0.970. The molecular formula is C13H19N3S. The van der Waals surface area contributed by atoms with E-state index >= 15 is 0 Å². The van der Waals surface area contributed by atoms with E-state index < -0.39 is 0 Å². The largest absolute Gasteiger partial charge is 0.393 e. The topological polar surface area (TPSA) is 41.3 Å². The van der Waals surface area contributed by atoms with E-state index in [0.717, 1.165) is 32.7 Å². The fourth-order valence-electron chi connectivity index (χ4n) is 2.17. The van der Waals surface area contributed by atoms with Gasteiger partial charge in [0.25, 0.3) is 0 Å². The Bertz CT molecular complexity index is 386. The molecule has 1 heterocycles. The van der Waals surface area contributed by atoms with Gasteiger partial charge >= 0.3 is 0 Å². The van der Waals surface area contributed by atoms with Crippen molar-refractivity contribution < 1.29 is 0 Å². The zero-order chi connectivity index (χ0) is 12.1. The van der Waals surface area contributed by atoms with E-state index in [0.29, 0.717) is 11.4 Å². The van der Waals surface area contributed by atoms with Crippen LogP contribution in [0.4, 0.5) is 0 Å². The third kappa shape index (κ3) is 4.07. The van der Waals surface area contributed by atoms with Gasteiger partial charge in [-0.3, -0.25) is 4.90 Å². The van der Waals surface area contributed by atoms with Crippen LogP contribution in [-0.2, 0) is 13.0 Å². The van der Waals surface area contributed by atoms with Crippen LogP contribution < -0.4 is 11.1 Å². The number of hydrogen-bond donors (Lipinski definition) is 2. The fourth-order valence-corrected chi connectivity index (χ4v) is 2.33. The quantitative estimate of drug-likeness (QED) is 0.779. The average Bonchev–Trinajstić information content (AvgIpc) is 2.30. The maximum absolute atomic E-state index is 5.57. The van der Waals surface area contributed by atoms with Gasteiger partial charge in [-0.1, -0.05) is 36.5 Å². The van der Waals surface area contributed by atoms with E-state index in [1.54, 1.807) is 0 Å². The highest BCUT2D eigenvalue weighted by Crippen LogP contribution is 2.09. The molecule has 4 heteroatoms. The summed E-state index contributed by atoms with van der Waals surface area (Å²) in [5.74, 6) is 0. The molecule has 0 atom stereocenters. The molecule has 3 N–H and O–H groups in total. The molecule has 0 spiro atoms. The zero-order valence-electron chi connectivity index (χ0n) is 9.98. The van der Waals surface area contributed by atoms with Gasteiger partial charge in [-0.05, 0) is 11.1 Å². The SMILES string of the molecule is NC(=S)Cc1cccc(CN2CCNCC2)c1. The van der Waals surface area contributed by atoms with Crippen molar-refractivity contribution in [2.75, 3.05) is 26.2 Å². The van der Waals surface area contributed by atoms with Crippen molar-refractivity contribution in [3.8, 4) is 0 Å². The predicted molar refractivity (Wildman–Crippen MR) is 75.1 cm³/mol. The number of nitrogens with one attached hydrogen (secondary N) is 1. The number of piperazine rings is 1. The van der Waals surface area contributed by atoms with Crippen molar-refractivity contribution in [1.82, 2.24) is 10.2 Å². The van der Waals surface area contributed by atoms with Gasteiger partial charge < -0.3 is 11.1 Å². The number of rotatable bonds is 4. The summed E-state index contributed by atoms with van der Waals surface area (Å²) in [7, 11) is 0. The number of nitrogens with zero attached hydrogens (tertiary/aromatic N) is 1. The van der Waals surface area contributed by atoms with Crippen molar-refractivity contribution in [3.05, 3.63) is 35.4 Å². The van der Waals surface area contributed by atoms with Gasteiger partial charge in [0.2, 0.25) is 0 Å². The van der Waals surface area contributed by atoms with Crippen molar-refractivity contribution in [1.29, 1.82) is 0 Å². The molecule has 0 amide bonds. The summed E-state index contributed by atoms with van der Waals surface area (Å²) in [5, 5.41) is 3.36. The number of thiocarbonyl (C=S) groups is 1. The highest BCUT2D eigenvalue weighted by Gasteiger charge is 2.09. The first-order chi connectivity index (χ1) is 8.24. The lowest BCUT2D eigenvalue weighted by Gasteiger charge is -2.27. The summed E-state index contributed by atoms with van der Waals surface area (Å²) >= 11 is 4.94. The summed E-state index contributed by atoms with van der Waals surface area (Å²) in [6, 6.07) is 8.55. The van der Waals surface area contributed by atoms with Crippen LogP contribution in [0.5, 0.6) is 0 Å². The number of nitrogens with two attached hydrogens (primary N) is 1. The second-order valence-corrected chi connectivity index (χ2v) is 5.01. The van der Waals surface area contributed by atoms with Gasteiger partial charge in [0.15, 0.2) is 0 Å². The monoisotopic (exact) mass is 249 g/mol. The Morgan fingerprint density at radius 2 is 2.00 bits per heavy atom. The summed E-state index contributed by atoms with van der Waals surface area (Å²) in [4.78, 5) is 3.03. The second-order valence-electron chi connectivity index (χ2n) is 4.49. The molecule has 0 saturated carbocycles. The van der Waals surface area contributed by atoms with E-state index in [2.05, 4.69) is 34.5 Å². The van der Waals surface area contributed by atoms with Crippen LogP contribution in [0.2, 0.25) is 0 Å². The maximum atomic E-state index is 5.57. The molecule has 0 unspecified atom stereocenters. The number of hydrogen-bond acceptors (Lipinski definition) is 3. The molecule has 2 rings (SSSR count). The highest BCUT2D eigenvalue weighted by molar-refractivity contribution is 7.80. The second kappa shape index (κ2) is 6.10. The summed E-state index contributed by atoms with van der Waals surface area (Å²) in [6.07, 6.45) is 0.699. The molecule has 0 radical (unpaired) electrons. The minimum Gasteiger partial charge on any atom is -0.393 e. The molecule has 92 valence electrons. The predicted octanol–water partition coefficient (Wildman–Crippen LogP) is 0.920. The van der Waals surface area contributed by atoms with Crippen molar-refractivity contribution in [3.63, 3.8) is 0 Å². The van der Waals surface area contributed by atoms with Gasteiger partial charge in [-0.2, -0.15) is 0 Å². The van der Waals surface area contributed by atoms with Crippen LogP contribution >= 0.6 is 12.2 Å². The maximum Gasteiger partial charge on any atom is 0.0771 e. The van der Waals surface area contributed by atoms with E-state index in [1.165, 1.54) is 11.1 Å². The average molecular weight is 249 g/mol. The van der Waals surface area contributed by atoms with Crippen LogP contribution in [0.15, 0.2) is 24.3 Å². The molecule has 3 nitrogen and oxygen atoms in total. The molecule has 1 aromatic carbocycles. The Morgan fingerprint density at radius 3 is 2.71 bits per heavy atom. The molecule has 17 heavy (non-hydrogen) atoms. The normalized spacial score (nSPS) is 16.9. The van der Waals surface area contributed by atoms with Crippen LogP contribution in [-0.4, -0.2) is 36.1 Å². The van der Waals surface area contributed by atoms with Crippen molar-refractivity contribution >= 4 is 17.2 Å². The molecule has 0 aromatic heterocycles. The van der Waals surface area contributed by atoms with Crippen molar-refractivity contribution in [2.45, 2.75) is 13.0 Å². The first-order valence-corrected chi connectivity index (χ1v) is 6.44. The third-order valence-electron chi connectivity index (χ3n) is 2.99. The van der Waals surface area contributed by atoms with Gasteiger partial charge in [-0.25, -0.2) is 0 Å². The molecule has 1 aliphatic heterocycles. The molecule has 0 bridgehead atoms. The lowest BCUT2D eigenvalue weighted by Crippen LogP contribution is -2.42. The first kappa shape index (κ1) is 12.5. The van der Waals surface area contributed by atoms with E-state index in [9.17, 15) is 0 Å². The van der Waals surface area contributed by atoms with Crippen LogP contribution in [0, 0.1) is 0 Å². The molecule has 1 fully saturated rings. The number of benzene rings is 1.